The van der Waals surface area contributed by atoms with Crippen LogP contribution in [0.1, 0.15) is 30.4 Å². The summed E-state index contributed by atoms with van der Waals surface area (Å²) >= 11 is 0. The number of amides is 1. The molecule has 3 nitrogen and oxygen atoms in total. The van der Waals surface area contributed by atoms with E-state index in [1.54, 1.807) is 6.20 Å². The summed E-state index contributed by atoms with van der Waals surface area (Å²) in [5.41, 5.74) is 1.85. The molecule has 1 aromatic carbocycles. The molecule has 0 spiro atoms. The predicted octanol–water partition coefficient (Wildman–Crippen LogP) is 3.00. The second kappa shape index (κ2) is 5.31. The van der Waals surface area contributed by atoms with Crippen molar-refractivity contribution in [1.29, 1.82) is 0 Å². The van der Waals surface area contributed by atoms with Crippen LogP contribution in [-0.2, 0) is 4.79 Å². The van der Waals surface area contributed by atoms with Gasteiger partial charge in [0.1, 0.15) is 5.82 Å². The van der Waals surface area contributed by atoms with Gasteiger partial charge in [0.25, 0.3) is 0 Å². The Hall–Kier alpha value is -2.60. The van der Waals surface area contributed by atoms with Crippen LogP contribution in [0.15, 0.2) is 48.7 Å². The number of carbonyl (C=O) groups excluding carboxylic acids is 1. The second-order valence-electron chi connectivity index (χ2n) is 5.83. The Morgan fingerprint density at radius 1 is 1.00 bits per heavy atom. The van der Waals surface area contributed by atoms with Crippen LogP contribution in [0.4, 0.5) is 5.82 Å². The maximum absolute atomic E-state index is 12.1. The van der Waals surface area contributed by atoms with Gasteiger partial charge in [0.05, 0.1) is 5.92 Å². The van der Waals surface area contributed by atoms with E-state index in [0.29, 0.717) is 6.04 Å². The van der Waals surface area contributed by atoms with Gasteiger partial charge < -0.3 is 0 Å². The Kier molecular flexibility index (Phi) is 3.16. The van der Waals surface area contributed by atoms with E-state index < -0.39 is 0 Å². The smallest absolute Gasteiger partial charge is 0.233 e. The van der Waals surface area contributed by atoms with Gasteiger partial charge in [0.2, 0.25) is 5.91 Å². The molecule has 2 aromatic rings. The molecule has 1 aromatic heterocycles. The highest BCUT2D eigenvalue weighted by Gasteiger charge is 2.50. The van der Waals surface area contributed by atoms with E-state index in [4.69, 9.17) is 0 Å². The van der Waals surface area contributed by atoms with E-state index in [0.717, 1.165) is 36.2 Å². The van der Waals surface area contributed by atoms with Crippen LogP contribution in [0.2, 0.25) is 0 Å². The Morgan fingerprint density at radius 2 is 1.82 bits per heavy atom. The fraction of sp³-hybridized carbons (Fsp3) is 0.263. The van der Waals surface area contributed by atoms with Gasteiger partial charge in [-0.3, -0.25) is 9.69 Å². The van der Waals surface area contributed by atoms with Crippen molar-refractivity contribution in [3.8, 4) is 11.8 Å². The summed E-state index contributed by atoms with van der Waals surface area (Å²) in [6, 6.07) is 14.1. The molecule has 0 unspecified atom stereocenters. The monoisotopic (exact) mass is 288 g/mol. The van der Waals surface area contributed by atoms with Gasteiger partial charge in [-0.2, -0.15) is 0 Å². The zero-order chi connectivity index (χ0) is 14.9. The largest absolute Gasteiger partial charge is 0.293 e. The summed E-state index contributed by atoms with van der Waals surface area (Å²) in [4.78, 5) is 18.4. The first kappa shape index (κ1) is 13.1. The van der Waals surface area contributed by atoms with Gasteiger partial charge in [-0.1, -0.05) is 36.5 Å². The van der Waals surface area contributed by atoms with E-state index >= 15 is 0 Å². The van der Waals surface area contributed by atoms with E-state index in [1.807, 2.05) is 47.4 Å². The molecule has 108 valence electrons. The van der Waals surface area contributed by atoms with Crippen molar-refractivity contribution in [2.45, 2.75) is 25.3 Å². The lowest BCUT2D eigenvalue weighted by Crippen LogP contribution is -2.58. The third kappa shape index (κ3) is 2.17. The van der Waals surface area contributed by atoms with Gasteiger partial charge in [-0.05, 0) is 37.1 Å². The number of aromatic nitrogens is 1. The third-order valence-corrected chi connectivity index (χ3v) is 4.49. The van der Waals surface area contributed by atoms with Crippen LogP contribution in [0.5, 0.6) is 0 Å². The van der Waals surface area contributed by atoms with Crippen molar-refractivity contribution in [2.24, 2.45) is 5.92 Å². The molecular formula is C19H16N2O. The zero-order valence-corrected chi connectivity index (χ0v) is 12.2. The molecule has 4 rings (SSSR count). The fourth-order valence-corrected chi connectivity index (χ4v) is 3.35. The Bertz CT molecular complexity index is 756. The average molecular weight is 288 g/mol. The summed E-state index contributed by atoms with van der Waals surface area (Å²) < 4.78 is 0. The second-order valence-corrected chi connectivity index (χ2v) is 5.83. The summed E-state index contributed by atoms with van der Waals surface area (Å²) in [5.74, 6) is 7.46. The number of nitrogens with zero attached hydrogens (tertiary/aromatic N) is 2. The third-order valence-electron chi connectivity index (χ3n) is 4.49. The molecule has 2 heterocycles. The minimum absolute atomic E-state index is 0.234. The van der Waals surface area contributed by atoms with Crippen molar-refractivity contribution in [1.82, 2.24) is 4.98 Å². The van der Waals surface area contributed by atoms with Gasteiger partial charge in [0.15, 0.2) is 0 Å². The van der Waals surface area contributed by atoms with E-state index in [1.165, 1.54) is 0 Å². The summed E-state index contributed by atoms with van der Waals surface area (Å²) in [5, 5.41) is 0. The lowest BCUT2D eigenvalue weighted by Gasteiger charge is -2.42. The number of carbonyl (C=O) groups is 1. The molecule has 0 N–H and O–H groups in total. The molecule has 0 radical (unpaired) electrons. The van der Waals surface area contributed by atoms with Gasteiger partial charge in [-0.15, -0.1) is 0 Å². The van der Waals surface area contributed by atoms with Crippen molar-refractivity contribution < 1.29 is 4.79 Å². The fourth-order valence-electron chi connectivity index (χ4n) is 3.35. The molecular weight excluding hydrogens is 272 g/mol. The zero-order valence-electron chi connectivity index (χ0n) is 12.2. The Morgan fingerprint density at radius 3 is 2.59 bits per heavy atom. The van der Waals surface area contributed by atoms with Crippen molar-refractivity contribution in [2.75, 3.05) is 4.90 Å². The number of hydrogen-bond donors (Lipinski definition) is 0. The SMILES string of the molecule is O=C1[C@H]2CCC[C@H]2N1c1ccc(C#Cc2ccccc2)cn1. The standard InChI is InChI=1S/C19H16N2O/c22-19-16-7-4-8-17(16)21(19)18-12-11-15(13-20-18)10-9-14-5-2-1-3-6-14/h1-3,5-6,11-13,16-17H,4,7-8H2/t16-,17+/m0/s1. The van der Waals surface area contributed by atoms with Gasteiger partial charge >= 0.3 is 0 Å². The van der Waals surface area contributed by atoms with Crippen molar-refractivity contribution >= 4 is 11.7 Å². The molecule has 1 aliphatic carbocycles. The van der Waals surface area contributed by atoms with E-state index in [2.05, 4.69) is 16.8 Å². The number of benzene rings is 1. The van der Waals surface area contributed by atoms with Crippen LogP contribution in [-0.4, -0.2) is 16.9 Å². The highest BCUT2D eigenvalue weighted by atomic mass is 16.2. The number of β-lactam (4-membered cyclic amide) rings is 1. The van der Waals surface area contributed by atoms with Gasteiger partial charge in [-0.25, -0.2) is 4.98 Å². The van der Waals surface area contributed by atoms with Crippen LogP contribution in [0, 0.1) is 17.8 Å². The average Bonchev–Trinajstić information content (AvgIpc) is 2.99. The lowest BCUT2D eigenvalue weighted by atomic mass is 9.90. The number of pyridine rings is 1. The topological polar surface area (TPSA) is 33.2 Å². The maximum atomic E-state index is 12.1. The number of anilines is 1. The Labute approximate surface area is 130 Å². The summed E-state index contributed by atoms with van der Waals surface area (Å²) in [6.07, 6.45) is 5.05. The molecule has 1 aliphatic heterocycles. The number of rotatable bonds is 1. The van der Waals surface area contributed by atoms with Crippen LogP contribution in [0.3, 0.4) is 0 Å². The quantitative estimate of drug-likeness (QED) is 0.597. The molecule has 0 bridgehead atoms. The van der Waals surface area contributed by atoms with Gasteiger partial charge in [0, 0.05) is 23.4 Å². The maximum Gasteiger partial charge on any atom is 0.233 e. The van der Waals surface area contributed by atoms with E-state index in [-0.39, 0.29) is 11.8 Å². The Balaban J connectivity index is 1.52. The molecule has 2 atom stereocenters. The summed E-state index contributed by atoms with van der Waals surface area (Å²) in [6.45, 7) is 0. The number of hydrogen-bond acceptors (Lipinski definition) is 2. The minimum Gasteiger partial charge on any atom is -0.293 e. The predicted molar refractivity (Wildman–Crippen MR) is 85.3 cm³/mol. The molecule has 2 aliphatic rings. The first-order valence-corrected chi connectivity index (χ1v) is 7.69. The molecule has 1 saturated heterocycles. The van der Waals surface area contributed by atoms with Crippen molar-refractivity contribution in [3.05, 3.63) is 59.8 Å². The lowest BCUT2D eigenvalue weighted by molar-refractivity contribution is -0.129. The first-order valence-electron chi connectivity index (χ1n) is 7.69. The van der Waals surface area contributed by atoms with Crippen LogP contribution >= 0.6 is 0 Å². The molecule has 2 fully saturated rings. The normalized spacial score (nSPS) is 22.5. The number of fused-ring (bicyclic) bond motifs is 1. The van der Waals surface area contributed by atoms with Crippen LogP contribution < -0.4 is 4.90 Å². The molecule has 1 amide bonds. The molecule has 1 saturated carbocycles. The first-order chi connectivity index (χ1) is 10.8. The highest BCUT2D eigenvalue weighted by Crippen LogP contribution is 2.42. The van der Waals surface area contributed by atoms with Crippen LogP contribution in [0.25, 0.3) is 0 Å². The molecule has 3 heteroatoms. The summed E-state index contributed by atoms with van der Waals surface area (Å²) in [7, 11) is 0. The minimum atomic E-state index is 0.234. The van der Waals surface area contributed by atoms with E-state index in [9.17, 15) is 4.79 Å². The molecule has 22 heavy (non-hydrogen) atoms. The highest BCUT2D eigenvalue weighted by molar-refractivity contribution is 6.02. The van der Waals surface area contributed by atoms with Crippen molar-refractivity contribution in [3.63, 3.8) is 0 Å².